The van der Waals surface area contributed by atoms with E-state index in [0.717, 1.165) is 28.8 Å². The molecule has 0 aliphatic rings. The summed E-state index contributed by atoms with van der Waals surface area (Å²) in [6, 6.07) is 10.7. The normalized spacial score (nSPS) is 13.0. The molecule has 3 rings (SSSR count). The second-order valence-corrected chi connectivity index (χ2v) is 5.68. The van der Waals surface area contributed by atoms with Crippen LogP contribution in [0.3, 0.4) is 0 Å². The maximum atomic E-state index is 4.55. The first-order valence-electron chi connectivity index (χ1n) is 7.18. The zero-order chi connectivity index (χ0) is 14.8. The molecule has 0 N–H and O–H groups in total. The topological polar surface area (TPSA) is 34.0 Å². The summed E-state index contributed by atoms with van der Waals surface area (Å²) >= 11 is 0. The third kappa shape index (κ3) is 2.81. The Hall–Kier alpha value is -2.20. The summed E-state index contributed by atoms with van der Waals surface area (Å²) in [6.07, 6.45) is 5.74. The van der Waals surface area contributed by atoms with Crippen LogP contribution in [0.1, 0.15) is 13.0 Å². The lowest BCUT2D eigenvalue weighted by atomic mass is 10.1. The number of pyridine rings is 1. The minimum atomic E-state index is 0.377. The highest BCUT2D eigenvalue weighted by Gasteiger charge is 2.12. The van der Waals surface area contributed by atoms with Gasteiger partial charge in [-0.2, -0.15) is 0 Å². The van der Waals surface area contributed by atoms with E-state index in [1.807, 2.05) is 18.5 Å². The van der Waals surface area contributed by atoms with Gasteiger partial charge >= 0.3 is 0 Å². The molecule has 21 heavy (non-hydrogen) atoms. The van der Waals surface area contributed by atoms with Gasteiger partial charge in [-0.05, 0) is 45.3 Å². The standard InChI is InChI=1S/C17H20N4/c1-13(12-20(2)3)21-10-9-19-17(21)15-6-7-16-14(11-15)5-4-8-18-16/h4-11,13H,12H2,1-3H3. The first-order valence-corrected chi connectivity index (χ1v) is 7.18. The van der Waals surface area contributed by atoms with E-state index < -0.39 is 0 Å². The molecule has 0 radical (unpaired) electrons. The average molecular weight is 280 g/mol. The number of benzene rings is 1. The largest absolute Gasteiger partial charge is 0.327 e. The number of aromatic nitrogens is 3. The lowest BCUT2D eigenvalue weighted by Gasteiger charge is -2.20. The molecule has 0 bridgehead atoms. The predicted octanol–water partition coefficient (Wildman–Crippen LogP) is 3.22. The summed E-state index contributed by atoms with van der Waals surface area (Å²) in [4.78, 5) is 11.1. The van der Waals surface area contributed by atoms with Crippen molar-refractivity contribution in [3.05, 3.63) is 48.9 Å². The highest BCUT2D eigenvalue weighted by Crippen LogP contribution is 2.24. The van der Waals surface area contributed by atoms with Crippen molar-refractivity contribution in [2.75, 3.05) is 20.6 Å². The predicted molar refractivity (Wildman–Crippen MR) is 86.2 cm³/mol. The maximum absolute atomic E-state index is 4.55. The first-order chi connectivity index (χ1) is 10.1. The van der Waals surface area contributed by atoms with Crippen LogP contribution in [0.25, 0.3) is 22.3 Å². The Balaban J connectivity index is 2.01. The maximum Gasteiger partial charge on any atom is 0.140 e. The highest BCUT2D eigenvalue weighted by atomic mass is 15.1. The molecule has 4 heteroatoms. The number of imidazole rings is 1. The molecule has 1 unspecified atom stereocenters. The molecule has 4 nitrogen and oxygen atoms in total. The molecular weight excluding hydrogens is 260 g/mol. The fraction of sp³-hybridized carbons (Fsp3) is 0.294. The third-order valence-corrected chi connectivity index (χ3v) is 3.63. The minimum absolute atomic E-state index is 0.377. The molecule has 0 spiro atoms. The molecule has 1 aromatic carbocycles. The van der Waals surface area contributed by atoms with E-state index >= 15 is 0 Å². The van der Waals surface area contributed by atoms with Gasteiger partial charge in [-0.25, -0.2) is 4.98 Å². The molecule has 2 aromatic heterocycles. The monoisotopic (exact) mass is 280 g/mol. The van der Waals surface area contributed by atoms with Crippen LogP contribution in [-0.4, -0.2) is 40.1 Å². The van der Waals surface area contributed by atoms with Crippen molar-refractivity contribution in [1.82, 2.24) is 19.4 Å². The molecule has 0 amide bonds. The van der Waals surface area contributed by atoms with Crippen LogP contribution in [-0.2, 0) is 0 Å². The SMILES string of the molecule is CC(CN(C)C)n1ccnc1-c1ccc2ncccc2c1. The lowest BCUT2D eigenvalue weighted by Crippen LogP contribution is -2.22. The fourth-order valence-corrected chi connectivity index (χ4v) is 2.72. The van der Waals surface area contributed by atoms with E-state index in [4.69, 9.17) is 0 Å². The third-order valence-electron chi connectivity index (χ3n) is 3.63. The van der Waals surface area contributed by atoms with Gasteiger partial charge in [-0.1, -0.05) is 6.07 Å². The summed E-state index contributed by atoms with van der Waals surface area (Å²) < 4.78 is 2.23. The molecule has 108 valence electrons. The molecule has 0 aliphatic heterocycles. The summed E-state index contributed by atoms with van der Waals surface area (Å²) in [6.45, 7) is 3.20. The average Bonchev–Trinajstić information content (AvgIpc) is 2.95. The van der Waals surface area contributed by atoms with Crippen LogP contribution in [0.4, 0.5) is 0 Å². The quantitative estimate of drug-likeness (QED) is 0.736. The number of nitrogens with zero attached hydrogens (tertiary/aromatic N) is 4. The van der Waals surface area contributed by atoms with E-state index in [9.17, 15) is 0 Å². The van der Waals surface area contributed by atoms with Crippen molar-refractivity contribution in [2.24, 2.45) is 0 Å². The summed E-state index contributed by atoms with van der Waals surface area (Å²) in [5, 5.41) is 1.14. The van der Waals surface area contributed by atoms with Crippen LogP contribution >= 0.6 is 0 Å². The van der Waals surface area contributed by atoms with E-state index in [1.165, 1.54) is 0 Å². The van der Waals surface area contributed by atoms with Crippen molar-refractivity contribution >= 4 is 10.9 Å². The number of rotatable bonds is 4. The summed E-state index contributed by atoms with van der Waals surface area (Å²) in [5.74, 6) is 1.01. The fourth-order valence-electron chi connectivity index (χ4n) is 2.72. The van der Waals surface area contributed by atoms with Crippen LogP contribution < -0.4 is 0 Å². The molecule has 3 aromatic rings. The molecule has 0 aliphatic carbocycles. The Morgan fingerprint density at radius 2 is 2.00 bits per heavy atom. The van der Waals surface area contributed by atoms with Gasteiger partial charge in [0, 0.05) is 42.1 Å². The zero-order valence-corrected chi connectivity index (χ0v) is 12.7. The molecular formula is C17H20N4. The Morgan fingerprint density at radius 3 is 2.81 bits per heavy atom. The van der Waals surface area contributed by atoms with E-state index in [1.54, 1.807) is 0 Å². The number of fused-ring (bicyclic) bond motifs is 1. The molecule has 1 atom stereocenters. The van der Waals surface area contributed by atoms with Gasteiger partial charge in [0.15, 0.2) is 0 Å². The first kappa shape index (κ1) is 13.8. The smallest absolute Gasteiger partial charge is 0.140 e. The van der Waals surface area contributed by atoms with Gasteiger partial charge in [0.2, 0.25) is 0 Å². The van der Waals surface area contributed by atoms with E-state index in [0.29, 0.717) is 6.04 Å². The van der Waals surface area contributed by atoms with Crippen molar-refractivity contribution in [2.45, 2.75) is 13.0 Å². The second kappa shape index (κ2) is 5.66. The van der Waals surface area contributed by atoms with Crippen molar-refractivity contribution < 1.29 is 0 Å². The molecule has 0 fully saturated rings. The van der Waals surface area contributed by atoms with Crippen LogP contribution in [0.5, 0.6) is 0 Å². The molecule has 2 heterocycles. The van der Waals surface area contributed by atoms with Gasteiger partial charge in [-0.3, -0.25) is 4.98 Å². The van der Waals surface area contributed by atoms with Gasteiger partial charge < -0.3 is 9.47 Å². The van der Waals surface area contributed by atoms with Crippen LogP contribution in [0, 0.1) is 0 Å². The van der Waals surface area contributed by atoms with Gasteiger partial charge in [0.05, 0.1) is 5.52 Å². The number of hydrogen-bond donors (Lipinski definition) is 0. The zero-order valence-electron chi connectivity index (χ0n) is 12.7. The van der Waals surface area contributed by atoms with E-state index in [2.05, 4.69) is 70.9 Å². The lowest BCUT2D eigenvalue weighted by molar-refractivity contribution is 0.338. The molecule has 0 saturated heterocycles. The Bertz CT molecular complexity index is 745. The summed E-state index contributed by atoms with van der Waals surface area (Å²) in [5.41, 5.74) is 2.15. The van der Waals surface area contributed by atoms with Crippen molar-refractivity contribution in [1.29, 1.82) is 0 Å². The Morgan fingerprint density at radius 1 is 1.14 bits per heavy atom. The van der Waals surface area contributed by atoms with Gasteiger partial charge in [-0.15, -0.1) is 0 Å². The van der Waals surface area contributed by atoms with Crippen molar-refractivity contribution in [3.8, 4) is 11.4 Å². The van der Waals surface area contributed by atoms with Crippen molar-refractivity contribution in [3.63, 3.8) is 0 Å². The minimum Gasteiger partial charge on any atom is -0.327 e. The van der Waals surface area contributed by atoms with E-state index in [-0.39, 0.29) is 0 Å². The number of hydrogen-bond acceptors (Lipinski definition) is 3. The highest BCUT2D eigenvalue weighted by molar-refractivity contribution is 5.83. The van der Waals surface area contributed by atoms with Gasteiger partial charge in [0.1, 0.15) is 5.82 Å². The molecule has 0 saturated carbocycles. The Kier molecular flexibility index (Phi) is 3.71. The Labute approximate surface area is 125 Å². The van der Waals surface area contributed by atoms with Gasteiger partial charge in [0.25, 0.3) is 0 Å². The van der Waals surface area contributed by atoms with Crippen LogP contribution in [0.2, 0.25) is 0 Å². The van der Waals surface area contributed by atoms with Crippen LogP contribution in [0.15, 0.2) is 48.9 Å². The summed E-state index contributed by atoms with van der Waals surface area (Å²) in [7, 11) is 4.18. The second-order valence-electron chi connectivity index (χ2n) is 5.68. The number of likely N-dealkylation sites (N-methyl/N-ethyl adjacent to an activating group) is 1.